The molecule has 0 aliphatic heterocycles. The largest absolute Gasteiger partial charge is 0.472 e. The number of carbonyl (C=O) groups is 2. The molecule has 0 bridgehead atoms. The van der Waals surface area contributed by atoms with Crippen LogP contribution in [0.4, 0.5) is 0 Å². The minimum Gasteiger partial charge on any atom is -0.462 e. The zero-order chi connectivity index (χ0) is 37.5. The first-order valence-corrected chi connectivity index (χ1v) is 21.3. The van der Waals surface area contributed by atoms with Gasteiger partial charge in [-0.1, -0.05) is 126 Å². The summed E-state index contributed by atoms with van der Waals surface area (Å²) in [5.74, 6) is -0.910. The molecule has 9 nitrogen and oxygen atoms in total. The molecule has 1 unspecified atom stereocenters. The van der Waals surface area contributed by atoms with E-state index >= 15 is 0 Å². The van der Waals surface area contributed by atoms with Crippen LogP contribution in [-0.4, -0.2) is 49.3 Å². The second-order valence-electron chi connectivity index (χ2n) is 12.8. The lowest BCUT2D eigenvalue weighted by Gasteiger charge is -2.19. The molecule has 0 rings (SSSR count). The van der Waals surface area contributed by atoms with E-state index in [4.69, 9.17) is 24.3 Å². The lowest BCUT2D eigenvalue weighted by atomic mass is 10.1. The highest BCUT2D eigenvalue weighted by Gasteiger charge is 2.25. The molecule has 0 heterocycles. The molecule has 0 saturated heterocycles. The minimum atomic E-state index is -4.39. The summed E-state index contributed by atoms with van der Waals surface area (Å²) in [4.78, 5) is 34.7. The molecule has 0 aromatic rings. The Labute approximate surface area is 310 Å². The Kier molecular flexibility index (Phi) is 35.8. The number of phosphoric ester groups is 1. The highest BCUT2D eigenvalue weighted by atomic mass is 31.2. The number of rotatable bonds is 36. The van der Waals surface area contributed by atoms with E-state index in [9.17, 15) is 19.0 Å². The molecule has 2 atom stereocenters. The number of unbranched alkanes of at least 4 members (excludes halogenated alkanes) is 13. The van der Waals surface area contributed by atoms with Gasteiger partial charge >= 0.3 is 19.8 Å². The molecular formula is C41H72NO8P. The van der Waals surface area contributed by atoms with Gasteiger partial charge in [-0.05, 0) is 77.0 Å². The lowest BCUT2D eigenvalue weighted by Crippen LogP contribution is -2.29. The molecule has 0 fully saturated rings. The van der Waals surface area contributed by atoms with Gasteiger partial charge in [0.1, 0.15) is 6.61 Å². The van der Waals surface area contributed by atoms with Crippen LogP contribution < -0.4 is 5.73 Å². The summed E-state index contributed by atoms with van der Waals surface area (Å²) < 4.78 is 32.6. The van der Waals surface area contributed by atoms with Gasteiger partial charge in [0.2, 0.25) is 0 Å². The molecule has 0 aliphatic rings. The van der Waals surface area contributed by atoms with Crippen molar-refractivity contribution in [1.82, 2.24) is 0 Å². The first-order chi connectivity index (χ1) is 24.8. The van der Waals surface area contributed by atoms with Crippen LogP contribution in [0.2, 0.25) is 0 Å². The average Bonchev–Trinajstić information content (AvgIpc) is 3.11. The number of allylic oxidation sites excluding steroid dienone is 10. The van der Waals surface area contributed by atoms with Gasteiger partial charge in [0, 0.05) is 19.4 Å². The maximum Gasteiger partial charge on any atom is 0.472 e. The number of ether oxygens (including phenoxy) is 2. The predicted octanol–water partition coefficient (Wildman–Crippen LogP) is 10.9. The van der Waals surface area contributed by atoms with Gasteiger partial charge in [0.05, 0.1) is 13.2 Å². The third kappa shape index (κ3) is 37.3. The molecule has 0 saturated carbocycles. The maximum absolute atomic E-state index is 12.5. The quantitative estimate of drug-likeness (QED) is 0.0279. The van der Waals surface area contributed by atoms with Crippen LogP contribution in [0, 0.1) is 0 Å². The Bertz CT molecular complexity index is 1020. The highest BCUT2D eigenvalue weighted by Crippen LogP contribution is 2.43. The van der Waals surface area contributed by atoms with E-state index in [2.05, 4.69) is 68.5 Å². The number of carbonyl (C=O) groups excluding carboxylic acids is 2. The zero-order valence-corrected chi connectivity index (χ0v) is 33.0. The van der Waals surface area contributed by atoms with Crippen molar-refractivity contribution in [3.8, 4) is 0 Å². The number of hydrogen-bond acceptors (Lipinski definition) is 8. The molecule has 51 heavy (non-hydrogen) atoms. The van der Waals surface area contributed by atoms with E-state index in [1.54, 1.807) is 0 Å². The molecule has 0 amide bonds. The van der Waals surface area contributed by atoms with E-state index in [1.165, 1.54) is 57.8 Å². The van der Waals surface area contributed by atoms with E-state index in [-0.39, 0.29) is 32.6 Å². The molecule has 0 radical (unpaired) electrons. The molecule has 3 N–H and O–H groups in total. The molecular weight excluding hydrogens is 665 g/mol. The molecule has 0 spiro atoms. The SMILES string of the molecule is CCCCC/C=C\C/C=C\C/C=C\C/C=C\CCCC(=O)O[C@H](COC(=O)CCCCCCC/C=C\CCCCCC)COP(=O)(O)OCCN. The van der Waals surface area contributed by atoms with Crippen LogP contribution in [-0.2, 0) is 32.7 Å². The Hall–Kier alpha value is -2.29. The topological polar surface area (TPSA) is 134 Å². The van der Waals surface area contributed by atoms with Crippen LogP contribution >= 0.6 is 7.82 Å². The third-order valence-electron chi connectivity index (χ3n) is 7.88. The summed E-state index contributed by atoms with van der Waals surface area (Å²) in [5.41, 5.74) is 5.33. The fourth-order valence-electron chi connectivity index (χ4n) is 4.91. The van der Waals surface area contributed by atoms with Crippen molar-refractivity contribution in [3.05, 3.63) is 60.8 Å². The van der Waals surface area contributed by atoms with E-state index < -0.39 is 32.5 Å². The molecule has 0 aromatic carbocycles. The van der Waals surface area contributed by atoms with Gasteiger partial charge in [0.25, 0.3) is 0 Å². The van der Waals surface area contributed by atoms with Crippen molar-refractivity contribution in [2.45, 2.75) is 161 Å². The van der Waals surface area contributed by atoms with Crippen LogP contribution in [0.5, 0.6) is 0 Å². The van der Waals surface area contributed by atoms with Gasteiger partial charge in [-0.25, -0.2) is 4.57 Å². The highest BCUT2D eigenvalue weighted by molar-refractivity contribution is 7.47. The van der Waals surface area contributed by atoms with Crippen molar-refractivity contribution in [3.63, 3.8) is 0 Å². The van der Waals surface area contributed by atoms with Crippen molar-refractivity contribution in [1.29, 1.82) is 0 Å². The summed E-state index contributed by atoms with van der Waals surface area (Å²) in [6.45, 7) is 3.59. The fourth-order valence-corrected chi connectivity index (χ4v) is 5.68. The van der Waals surface area contributed by atoms with Crippen LogP contribution in [0.1, 0.15) is 155 Å². The van der Waals surface area contributed by atoms with E-state index in [1.807, 2.05) is 6.08 Å². The third-order valence-corrected chi connectivity index (χ3v) is 8.86. The van der Waals surface area contributed by atoms with Crippen molar-refractivity contribution >= 4 is 19.8 Å². The Morgan fingerprint density at radius 2 is 1.04 bits per heavy atom. The fraction of sp³-hybridized carbons (Fsp3) is 0.707. The summed E-state index contributed by atoms with van der Waals surface area (Å²) in [7, 11) is -4.39. The Balaban J connectivity index is 4.34. The maximum atomic E-state index is 12.5. The minimum absolute atomic E-state index is 0.0413. The second kappa shape index (κ2) is 37.5. The zero-order valence-electron chi connectivity index (χ0n) is 32.1. The predicted molar refractivity (Wildman–Crippen MR) is 210 cm³/mol. The van der Waals surface area contributed by atoms with Crippen LogP contribution in [0.15, 0.2) is 60.8 Å². The first-order valence-electron chi connectivity index (χ1n) is 19.8. The monoisotopic (exact) mass is 737 g/mol. The molecule has 10 heteroatoms. The summed E-state index contributed by atoms with van der Waals surface area (Å²) >= 11 is 0. The lowest BCUT2D eigenvalue weighted by molar-refractivity contribution is -0.161. The first kappa shape index (κ1) is 48.7. The number of esters is 2. The standard InChI is InChI=1S/C41H72NO8P/c1-3-5-7-9-11-13-15-17-18-19-20-22-24-26-28-30-32-34-41(44)50-39(38-49-51(45,46)48-36-35-42)37-47-40(43)33-31-29-27-25-23-21-16-14-12-10-8-6-4-2/h11,13-14,16-18,20,22,26,28,39H,3-10,12,15,19,21,23-25,27,29-38,42H2,1-2H3,(H,45,46)/b13-11-,16-14-,18-17-,22-20-,28-26-/t39-/m1/s1. The van der Waals surface area contributed by atoms with Gasteiger partial charge < -0.3 is 20.1 Å². The van der Waals surface area contributed by atoms with Crippen LogP contribution in [0.25, 0.3) is 0 Å². The van der Waals surface area contributed by atoms with Crippen LogP contribution in [0.3, 0.4) is 0 Å². The van der Waals surface area contributed by atoms with E-state index in [0.717, 1.165) is 51.4 Å². The van der Waals surface area contributed by atoms with Gasteiger partial charge in [-0.15, -0.1) is 0 Å². The summed E-state index contributed by atoms with van der Waals surface area (Å²) in [6, 6.07) is 0. The smallest absolute Gasteiger partial charge is 0.462 e. The normalized spacial score (nSPS) is 14.0. The summed E-state index contributed by atoms with van der Waals surface area (Å²) in [5, 5.41) is 0. The Morgan fingerprint density at radius 3 is 1.63 bits per heavy atom. The number of hydrogen-bond donors (Lipinski definition) is 2. The Morgan fingerprint density at radius 1 is 0.588 bits per heavy atom. The van der Waals surface area contributed by atoms with Crippen molar-refractivity contribution in [2.24, 2.45) is 5.73 Å². The van der Waals surface area contributed by atoms with Crippen molar-refractivity contribution in [2.75, 3.05) is 26.4 Å². The summed E-state index contributed by atoms with van der Waals surface area (Å²) in [6.07, 6.45) is 42.5. The number of phosphoric acid groups is 1. The molecule has 0 aromatic heterocycles. The molecule has 0 aliphatic carbocycles. The number of nitrogens with two attached hydrogens (primary N) is 1. The van der Waals surface area contributed by atoms with Crippen molar-refractivity contribution < 1.29 is 37.6 Å². The average molecular weight is 738 g/mol. The van der Waals surface area contributed by atoms with Gasteiger partial charge in [-0.2, -0.15) is 0 Å². The second-order valence-corrected chi connectivity index (χ2v) is 14.2. The van der Waals surface area contributed by atoms with Gasteiger partial charge in [-0.3, -0.25) is 18.6 Å². The van der Waals surface area contributed by atoms with Gasteiger partial charge in [0.15, 0.2) is 6.10 Å². The molecule has 294 valence electrons. The van der Waals surface area contributed by atoms with E-state index in [0.29, 0.717) is 19.3 Å².